The average molecular weight is 274 g/mol. The number of carbonyl (C=O) groups excluding carboxylic acids is 2. The molecule has 0 saturated carbocycles. The second-order valence-electron chi connectivity index (χ2n) is 5.28. The zero-order chi connectivity index (χ0) is 14.1. The van der Waals surface area contributed by atoms with E-state index in [0.29, 0.717) is 0 Å². The maximum Gasteiger partial charge on any atom is 0.324 e. The molecule has 2 fully saturated rings. The molecule has 1 N–H and O–H groups in total. The predicted octanol–water partition coefficient (Wildman–Crippen LogP) is 0.911. The summed E-state index contributed by atoms with van der Waals surface area (Å²) in [7, 11) is 0. The van der Waals surface area contributed by atoms with E-state index < -0.39 is 0 Å². The van der Waals surface area contributed by atoms with Crippen molar-refractivity contribution in [3.63, 3.8) is 0 Å². The first-order valence-electron chi connectivity index (χ1n) is 6.93. The fourth-order valence-electron chi connectivity index (χ4n) is 2.86. The largest absolute Gasteiger partial charge is 0.356 e. The van der Waals surface area contributed by atoms with Gasteiger partial charge in [0.15, 0.2) is 0 Å². The lowest BCUT2D eigenvalue weighted by molar-refractivity contribution is -0.126. The molecule has 2 aliphatic rings. The van der Waals surface area contributed by atoms with E-state index in [2.05, 4.69) is 15.2 Å². The molecule has 0 spiro atoms. The van der Waals surface area contributed by atoms with Crippen LogP contribution in [-0.2, 0) is 4.79 Å². The summed E-state index contributed by atoms with van der Waals surface area (Å²) in [5, 5.41) is 2.58. The van der Waals surface area contributed by atoms with Crippen molar-refractivity contribution in [3.05, 3.63) is 23.9 Å². The van der Waals surface area contributed by atoms with Crippen LogP contribution in [0.2, 0.25) is 0 Å². The Morgan fingerprint density at radius 1 is 1.25 bits per heavy atom. The number of nitrogens with one attached hydrogen (secondary N) is 1. The lowest BCUT2D eigenvalue weighted by Gasteiger charge is -2.35. The predicted molar refractivity (Wildman–Crippen MR) is 74.5 cm³/mol. The number of carbonyl (C=O) groups is 2. The summed E-state index contributed by atoms with van der Waals surface area (Å²) in [5.41, 5.74) is 0.999. The number of imide groups is 1. The molecule has 3 rings (SSSR count). The maximum absolute atomic E-state index is 11.7. The molecule has 3 heterocycles. The minimum Gasteiger partial charge on any atom is -0.356 e. The molecule has 2 aliphatic heterocycles. The van der Waals surface area contributed by atoms with Crippen molar-refractivity contribution >= 4 is 17.8 Å². The Hall–Kier alpha value is -2.11. The van der Waals surface area contributed by atoms with Crippen molar-refractivity contribution in [2.75, 3.05) is 24.5 Å². The van der Waals surface area contributed by atoms with E-state index in [0.717, 1.165) is 37.4 Å². The zero-order valence-corrected chi connectivity index (χ0v) is 11.5. The molecule has 20 heavy (non-hydrogen) atoms. The molecular weight excluding hydrogens is 256 g/mol. The highest BCUT2D eigenvalue weighted by atomic mass is 16.2. The molecular formula is C14H18N4O2. The molecule has 1 aromatic rings. The monoisotopic (exact) mass is 274 g/mol. The number of anilines is 1. The zero-order valence-electron chi connectivity index (χ0n) is 11.5. The van der Waals surface area contributed by atoms with Crippen LogP contribution in [0, 0.1) is 6.92 Å². The topological polar surface area (TPSA) is 65.5 Å². The smallest absolute Gasteiger partial charge is 0.324 e. The average Bonchev–Trinajstić information content (AvgIpc) is 2.78. The highest BCUT2D eigenvalue weighted by molar-refractivity contribution is 6.02. The molecule has 0 unspecified atom stereocenters. The Morgan fingerprint density at radius 3 is 2.60 bits per heavy atom. The molecule has 3 amide bonds. The van der Waals surface area contributed by atoms with Crippen LogP contribution in [0.4, 0.5) is 10.6 Å². The molecule has 2 saturated heterocycles. The van der Waals surface area contributed by atoms with E-state index in [9.17, 15) is 9.59 Å². The molecule has 6 heteroatoms. The number of hydrogen-bond acceptors (Lipinski definition) is 4. The Balaban J connectivity index is 1.65. The number of aryl methyl sites for hydroxylation is 1. The second kappa shape index (κ2) is 5.11. The highest BCUT2D eigenvalue weighted by Gasteiger charge is 2.36. The number of rotatable bonds is 2. The molecule has 0 atom stereocenters. The van der Waals surface area contributed by atoms with Gasteiger partial charge in [-0.05, 0) is 31.9 Å². The number of urea groups is 1. The van der Waals surface area contributed by atoms with Gasteiger partial charge in [-0.1, -0.05) is 6.07 Å². The first-order valence-corrected chi connectivity index (χ1v) is 6.93. The fourth-order valence-corrected chi connectivity index (χ4v) is 2.86. The van der Waals surface area contributed by atoms with E-state index in [1.54, 1.807) is 0 Å². The minimum atomic E-state index is -0.248. The fraction of sp³-hybridized carbons (Fsp3) is 0.500. The van der Waals surface area contributed by atoms with E-state index in [-0.39, 0.29) is 24.5 Å². The van der Waals surface area contributed by atoms with E-state index >= 15 is 0 Å². The summed E-state index contributed by atoms with van der Waals surface area (Å²) in [6, 6.07) is 5.75. The van der Waals surface area contributed by atoms with Gasteiger partial charge in [-0.25, -0.2) is 9.78 Å². The molecule has 0 bridgehead atoms. The van der Waals surface area contributed by atoms with Gasteiger partial charge >= 0.3 is 6.03 Å². The Bertz CT molecular complexity index is 522. The lowest BCUT2D eigenvalue weighted by Crippen LogP contribution is -2.47. The van der Waals surface area contributed by atoms with Crippen LogP contribution < -0.4 is 10.2 Å². The van der Waals surface area contributed by atoms with Gasteiger partial charge in [0.2, 0.25) is 5.91 Å². The number of hydrogen-bond donors (Lipinski definition) is 1. The Morgan fingerprint density at radius 2 is 2.00 bits per heavy atom. The second-order valence-corrected chi connectivity index (χ2v) is 5.28. The summed E-state index contributed by atoms with van der Waals surface area (Å²) < 4.78 is 0. The quantitative estimate of drug-likeness (QED) is 0.814. The first-order chi connectivity index (χ1) is 9.65. The lowest BCUT2D eigenvalue weighted by atomic mass is 10.0. The van der Waals surface area contributed by atoms with E-state index in [1.807, 2.05) is 25.1 Å². The standard InChI is InChI=1S/C14H18N4O2/c1-10-3-2-4-12(16-10)17-7-5-11(6-8-17)18-13(19)9-15-14(18)20/h2-4,11H,5-9H2,1H3,(H,15,20). The molecule has 0 aliphatic carbocycles. The van der Waals surface area contributed by atoms with Crippen LogP contribution >= 0.6 is 0 Å². The van der Waals surface area contributed by atoms with Gasteiger partial charge < -0.3 is 10.2 Å². The van der Waals surface area contributed by atoms with Crippen molar-refractivity contribution in [3.8, 4) is 0 Å². The summed E-state index contributed by atoms with van der Waals surface area (Å²) in [4.78, 5) is 31.5. The minimum absolute atomic E-state index is 0.0195. The number of nitrogens with zero attached hydrogens (tertiary/aromatic N) is 3. The number of pyridine rings is 1. The van der Waals surface area contributed by atoms with Crippen molar-refractivity contribution in [1.29, 1.82) is 0 Å². The summed E-state index contributed by atoms with van der Waals surface area (Å²) >= 11 is 0. The third-order valence-electron chi connectivity index (χ3n) is 3.91. The Kier molecular flexibility index (Phi) is 3.30. The molecule has 0 radical (unpaired) electrons. The van der Waals surface area contributed by atoms with Crippen LogP contribution in [0.15, 0.2) is 18.2 Å². The van der Waals surface area contributed by atoms with Crippen molar-refractivity contribution in [1.82, 2.24) is 15.2 Å². The number of amides is 3. The number of aromatic nitrogens is 1. The van der Waals surface area contributed by atoms with Crippen LogP contribution in [0.25, 0.3) is 0 Å². The third kappa shape index (κ3) is 2.33. The normalized spacial score (nSPS) is 20.4. The van der Waals surface area contributed by atoms with E-state index in [4.69, 9.17) is 0 Å². The van der Waals surface area contributed by atoms with Crippen LogP contribution in [0.3, 0.4) is 0 Å². The molecule has 6 nitrogen and oxygen atoms in total. The van der Waals surface area contributed by atoms with Gasteiger partial charge in [0.05, 0.1) is 6.54 Å². The molecule has 106 valence electrons. The Labute approximate surface area is 117 Å². The van der Waals surface area contributed by atoms with Crippen LogP contribution in [-0.4, -0.2) is 47.5 Å². The summed E-state index contributed by atoms with van der Waals surface area (Å²) in [5.74, 6) is 0.864. The van der Waals surface area contributed by atoms with Gasteiger partial charge in [0.25, 0.3) is 0 Å². The third-order valence-corrected chi connectivity index (χ3v) is 3.91. The van der Waals surface area contributed by atoms with Crippen LogP contribution in [0.1, 0.15) is 18.5 Å². The highest BCUT2D eigenvalue weighted by Crippen LogP contribution is 2.22. The number of piperidine rings is 1. The molecule has 1 aromatic heterocycles. The van der Waals surface area contributed by atoms with Gasteiger partial charge in [-0.2, -0.15) is 0 Å². The summed E-state index contributed by atoms with van der Waals surface area (Å²) in [6.07, 6.45) is 1.60. The first kappa shape index (κ1) is 12.9. The van der Waals surface area contributed by atoms with Gasteiger partial charge in [-0.3, -0.25) is 9.69 Å². The van der Waals surface area contributed by atoms with E-state index in [1.165, 1.54) is 4.90 Å². The van der Waals surface area contributed by atoms with Crippen molar-refractivity contribution < 1.29 is 9.59 Å². The van der Waals surface area contributed by atoms with Crippen molar-refractivity contribution in [2.45, 2.75) is 25.8 Å². The maximum atomic E-state index is 11.7. The molecule has 0 aromatic carbocycles. The van der Waals surface area contributed by atoms with Gasteiger partial charge in [0, 0.05) is 24.8 Å². The van der Waals surface area contributed by atoms with Crippen LogP contribution in [0.5, 0.6) is 0 Å². The summed E-state index contributed by atoms with van der Waals surface area (Å²) in [6.45, 7) is 3.75. The van der Waals surface area contributed by atoms with Gasteiger partial charge in [0.1, 0.15) is 5.82 Å². The SMILES string of the molecule is Cc1cccc(N2CCC(N3C(=O)CNC3=O)CC2)n1. The van der Waals surface area contributed by atoms with Crippen molar-refractivity contribution in [2.24, 2.45) is 0 Å². The van der Waals surface area contributed by atoms with Gasteiger partial charge in [-0.15, -0.1) is 0 Å².